The van der Waals surface area contributed by atoms with Crippen LogP contribution in [0.1, 0.15) is 33.8 Å². The molecule has 0 bridgehead atoms. The lowest BCUT2D eigenvalue weighted by Crippen LogP contribution is -2.15. The number of hydrogen-bond donors (Lipinski definition) is 2. The molecule has 0 radical (unpaired) electrons. The average Bonchev–Trinajstić information content (AvgIpc) is 2.64. The number of halogens is 1. The van der Waals surface area contributed by atoms with E-state index in [9.17, 15) is 4.79 Å². The van der Waals surface area contributed by atoms with E-state index in [0.29, 0.717) is 11.5 Å². The molecule has 1 aliphatic heterocycles. The number of nitrogens with two attached hydrogens (primary N) is 1. The van der Waals surface area contributed by atoms with E-state index in [1.165, 1.54) is 5.56 Å². The van der Waals surface area contributed by atoms with Crippen molar-refractivity contribution in [2.24, 2.45) is 5.73 Å². The normalized spacial score (nSPS) is 19.6. The third-order valence-electron chi connectivity index (χ3n) is 3.20. The summed E-state index contributed by atoms with van der Waals surface area (Å²) in [5.41, 5.74) is 9.44. The molecule has 0 aromatic heterocycles. The summed E-state index contributed by atoms with van der Waals surface area (Å²) < 4.78 is 0. The van der Waals surface area contributed by atoms with Gasteiger partial charge in [0.25, 0.3) is 0 Å². The first-order valence-corrected chi connectivity index (χ1v) is 5.14. The number of carbonyl (C=O) groups excluding carboxylic acids is 1. The highest BCUT2D eigenvalue weighted by Gasteiger charge is 2.28. The Labute approximate surface area is 100 Å². The largest absolute Gasteiger partial charge is 0.384 e. The highest BCUT2D eigenvalue weighted by atomic mass is 35.5. The molecule has 0 saturated carbocycles. The van der Waals surface area contributed by atoms with Crippen LogP contribution in [0.4, 0.5) is 5.69 Å². The molecule has 0 spiro atoms. The second kappa shape index (κ2) is 3.83. The summed E-state index contributed by atoms with van der Waals surface area (Å²) in [6.45, 7) is 0.967. The molecular formula is C12H13ClN2O. The molecule has 3 nitrogen and oxygen atoms in total. The minimum Gasteiger partial charge on any atom is -0.384 e. The molecule has 1 heterocycles. The van der Waals surface area contributed by atoms with E-state index in [1.54, 1.807) is 0 Å². The Morgan fingerprint density at radius 3 is 3.00 bits per heavy atom. The van der Waals surface area contributed by atoms with Crippen molar-refractivity contribution < 1.29 is 4.79 Å². The number of anilines is 1. The smallest absolute Gasteiger partial charge is 0.249 e. The molecule has 1 aromatic carbocycles. The molecule has 1 amide bonds. The van der Waals surface area contributed by atoms with E-state index >= 15 is 0 Å². The summed E-state index contributed by atoms with van der Waals surface area (Å²) >= 11 is 0. The maximum absolute atomic E-state index is 11.3. The molecular weight excluding hydrogens is 224 g/mol. The van der Waals surface area contributed by atoms with Crippen LogP contribution in [-0.2, 0) is 0 Å². The van der Waals surface area contributed by atoms with E-state index in [0.717, 1.165) is 24.2 Å². The van der Waals surface area contributed by atoms with Gasteiger partial charge in [-0.25, -0.2) is 0 Å². The molecule has 0 fully saturated rings. The number of benzene rings is 1. The van der Waals surface area contributed by atoms with Crippen molar-refractivity contribution in [3.8, 4) is 0 Å². The van der Waals surface area contributed by atoms with Gasteiger partial charge in [0.15, 0.2) is 0 Å². The second-order valence-corrected chi connectivity index (χ2v) is 4.07. The standard InChI is InChI=1S/C12H12N2O.ClH/c13-12(15)9-4-5-10-11-7(6-14-10)2-1-3-8(9)11;/h1,3-5,7,14H,2,6H2,(H2,13,15);1H. The molecule has 0 saturated heterocycles. The van der Waals surface area contributed by atoms with Gasteiger partial charge in [0, 0.05) is 23.7 Å². The van der Waals surface area contributed by atoms with Crippen LogP contribution in [0.25, 0.3) is 6.08 Å². The fraction of sp³-hybridized carbons (Fsp3) is 0.250. The van der Waals surface area contributed by atoms with Crippen LogP contribution in [0.5, 0.6) is 0 Å². The predicted molar refractivity (Wildman–Crippen MR) is 67.1 cm³/mol. The van der Waals surface area contributed by atoms with Crippen LogP contribution in [0.15, 0.2) is 18.2 Å². The molecule has 84 valence electrons. The SMILES string of the molecule is Cl.NC(=O)c1ccc2c3c1C=CCC3CN2. The number of primary amides is 1. The Bertz CT molecular complexity index is 482. The number of hydrogen-bond acceptors (Lipinski definition) is 2. The van der Waals surface area contributed by atoms with Crippen molar-refractivity contribution >= 4 is 30.1 Å². The van der Waals surface area contributed by atoms with Gasteiger partial charge in [-0.3, -0.25) is 4.79 Å². The summed E-state index contributed by atoms with van der Waals surface area (Å²) in [4.78, 5) is 11.3. The first kappa shape index (κ1) is 11.0. The summed E-state index contributed by atoms with van der Waals surface area (Å²) in [7, 11) is 0. The van der Waals surface area contributed by atoms with Gasteiger partial charge in [0.2, 0.25) is 5.91 Å². The monoisotopic (exact) mass is 236 g/mol. The zero-order valence-corrected chi connectivity index (χ0v) is 9.51. The lowest BCUT2D eigenvalue weighted by atomic mass is 9.86. The predicted octanol–water partition coefficient (Wildman–Crippen LogP) is 2.13. The minimum atomic E-state index is -0.343. The van der Waals surface area contributed by atoms with E-state index in [4.69, 9.17) is 5.73 Å². The van der Waals surface area contributed by atoms with Crippen LogP contribution in [0.2, 0.25) is 0 Å². The van der Waals surface area contributed by atoms with Crippen LogP contribution >= 0.6 is 12.4 Å². The van der Waals surface area contributed by atoms with Crippen molar-refractivity contribution in [3.05, 3.63) is 34.9 Å². The summed E-state index contributed by atoms with van der Waals surface area (Å²) in [6.07, 6.45) is 5.19. The molecule has 3 N–H and O–H groups in total. The van der Waals surface area contributed by atoms with Crippen molar-refractivity contribution in [2.75, 3.05) is 11.9 Å². The quantitative estimate of drug-likeness (QED) is 0.785. The van der Waals surface area contributed by atoms with Crippen molar-refractivity contribution in [1.29, 1.82) is 0 Å². The number of allylic oxidation sites excluding steroid dienone is 1. The molecule has 1 aromatic rings. The molecule has 1 aliphatic carbocycles. The maximum Gasteiger partial charge on any atom is 0.249 e. The van der Waals surface area contributed by atoms with Crippen LogP contribution in [0.3, 0.4) is 0 Å². The number of nitrogens with one attached hydrogen (secondary N) is 1. The Morgan fingerprint density at radius 2 is 2.25 bits per heavy atom. The Kier molecular flexibility index (Phi) is 2.64. The summed E-state index contributed by atoms with van der Waals surface area (Å²) in [5, 5.41) is 3.36. The van der Waals surface area contributed by atoms with Crippen LogP contribution in [-0.4, -0.2) is 12.5 Å². The molecule has 16 heavy (non-hydrogen) atoms. The lowest BCUT2D eigenvalue weighted by molar-refractivity contribution is 0.1000. The summed E-state index contributed by atoms with van der Waals surface area (Å²) in [5.74, 6) is 0.171. The summed E-state index contributed by atoms with van der Waals surface area (Å²) in [6, 6.07) is 3.76. The highest BCUT2D eigenvalue weighted by molar-refractivity contribution is 5.98. The van der Waals surface area contributed by atoms with Gasteiger partial charge in [-0.15, -0.1) is 12.4 Å². The van der Waals surface area contributed by atoms with Crippen molar-refractivity contribution in [2.45, 2.75) is 12.3 Å². The Morgan fingerprint density at radius 1 is 1.44 bits per heavy atom. The zero-order valence-electron chi connectivity index (χ0n) is 8.69. The molecule has 1 atom stereocenters. The van der Waals surface area contributed by atoms with E-state index in [1.807, 2.05) is 18.2 Å². The molecule has 2 aliphatic rings. The van der Waals surface area contributed by atoms with Gasteiger partial charge in [0.05, 0.1) is 0 Å². The first-order valence-electron chi connectivity index (χ1n) is 5.14. The van der Waals surface area contributed by atoms with E-state index < -0.39 is 0 Å². The maximum atomic E-state index is 11.3. The van der Waals surface area contributed by atoms with Gasteiger partial charge in [-0.05, 0) is 29.7 Å². The minimum absolute atomic E-state index is 0. The van der Waals surface area contributed by atoms with Gasteiger partial charge in [0.1, 0.15) is 0 Å². The van der Waals surface area contributed by atoms with Crippen molar-refractivity contribution in [3.63, 3.8) is 0 Å². The van der Waals surface area contributed by atoms with Crippen LogP contribution in [0, 0.1) is 0 Å². The van der Waals surface area contributed by atoms with Gasteiger partial charge < -0.3 is 11.1 Å². The molecule has 1 unspecified atom stereocenters. The lowest BCUT2D eigenvalue weighted by Gasteiger charge is -2.17. The van der Waals surface area contributed by atoms with Gasteiger partial charge >= 0.3 is 0 Å². The third kappa shape index (κ3) is 1.39. The second-order valence-electron chi connectivity index (χ2n) is 4.07. The topological polar surface area (TPSA) is 55.1 Å². The highest BCUT2D eigenvalue weighted by Crippen LogP contribution is 2.41. The molecule has 4 heteroatoms. The Balaban J connectivity index is 0.000000963. The van der Waals surface area contributed by atoms with Gasteiger partial charge in [-0.1, -0.05) is 12.2 Å². The Hall–Kier alpha value is -1.48. The van der Waals surface area contributed by atoms with Crippen molar-refractivity contribution in [1.82, 2.24) is 0 Å². The first-order chi connectivity index (χ1) is 7.27. The zero-order chi connectivity index (χ0) is 10.4. The fourth-order valence-electron chi connectivity index (χ4n) is 2.51. The van der Waals surface area contributed by atoms with Gasteiger partial charge in [-0.2, -0.15) is 0 Å². The van der Waals surface area contributed by atoms with E-state index in [2.05, 4.69) is 11.4 Å². The third-order valence-corrected chi connectivity index (χ3v) is 3.20. The van der Waals surface area contributed by atoms with E-state index in [-0.39, 0.29) is 18.3 Å². The van der Waals surface area contributed by atoms with Crippen LogP contribution < -0.4 is 11.1 Å². The average molecular weight is 237 g/mol. The number of rotatable bonds is 1. The number of amides is 1. The number of carbonyl (C=O) groups is 1. The molecule has 3 rings (SSSR count). The fourth-order valence-corrected chi connectivity index (χ4v) is 2.51.